The molecule has 0 saturated carbocycles. The third kappa shape index (κ3) is 3.83. The average molecular weight is 426 g/mol. The number of rotatable bonds is 7. The van der Waals surface area contributed by atoms with Gasteiger partial charge in [-0.25, -0.2) is 13.7 Å². The van der Waals surface area contributed by atoms with Crippen molar-refractivity contribution in [1.29, 1.82) is 0 Å². The van der Waals surface area contributed by atoms with Gasteiger partial charge in [-0.2, -0.15) is 4.58 Å². The lowest BCUT2D eigenvalue weighted by Gasteiger charge is -2.17. The topological polar surface area (TPSA) is 98.9 Å². The number of benzene rings is 2. The smallest absolute Gasteiger partial charge is 0.210 e. The highest BCUT2D eigenvalue weighted by molar-refractivity contribution is 7.94. The molecule has 9 heteroatoms. The molecule has 0 fully saturated rings. The van der Waals surface area contributed by atoms with Crippen LogP contribution >= 0.6 is 12.0 Å². The molecule has 1 aliphatic rings. The van der Waals surface area contributed by atoms with E-state index in [4.69, 9.17) is 5.26 Å². The molecule has 1 N–H and O–H groups in total. The molecular formula is C19H23NO6S2. The molecule has 0 amide bonds. The molecule has 152 valence electrons. The van der Waals surface area contributed by atoms with E-state index < -0.39 is 15.4 Å². The Hall–Kier alpha value is -1.49. The van der Waals surface area contributed by atoms with E-state index in [1.54, 1.807) is 0 Å². The molecule has 3 rings (SSSR count). The van der Waals surface area contributed by atoms with Crippen LogP contribution in [0.2, 0.25) is 0 Å². The Morgan fingerprint density at radius 3 is 2.64 bits per heavy atom. The molecule has 1 unspecified atom stereocenters. The van der Waals surface area contributed by atoms with Gasteiger partial charge in [0.25, 0.3) is 0 Å². The van der Waals surface area contributed by atoms with Crippen molar-refractivity contribution < 1.29 is 32.2 Å². The maximum atomic E-state index is 11.3. The van der Waals surface area contributed by atoms with E-state index in [0.717, 1.165) is 44.7 Å². The predicted molar refractivity (Wildman–Crippen MR) is 107 cm³/mol. The summed E-state index contributed by atoms with van der Waals surface area (Å²) in [5.41, 5.74) is 3.06. The minimum Gasteiger partial charge on any atom is -0.748 e. The molecule has 0 aromatic heterocycles. The van der Waals surface area contributed by atoms with Gasteiger partial charge >= 0.3 is 0 Å². The van der Waals surface area contributed by atoms with Crippen molar-refractivity contribution in [2.24, 2.45) is 0 Å². The van der Waals surface area contributed by atoms with Gasteiger partial charge in [-0.1, -0.05) is 11.1 Å². The van der Waals surface area contributed by atoms with E-state index >= 15 is 0 Å². The number of nitrogens with zero attached hydrogens (tertiary/aromatic N) is 1. The summed E-state index contributed by atoms with van der Waals surface area (Å²) < 4.78 is 40.4. The van der Waals surface area contributed by atoms with E-state index in [0.29, 0.717) is 6.54 Å². The van der Waals surface area contributed by atoms with Crippen LogP contribution in [0.3, 0.4) is 0 Å². The highest BCUT2D eigenvalue weighted by Gasteiger charge is 2.44. The van der Waals surface area contributed by atoms with Gasteiger partial charge in [-0.05, 0) is 49.7 Å². The standard InChI is InChI=1S/C19H23NO6S2/c1-12(28(22,23)24)9-10-20-13(2)19(3,4)18-16-7-6-15(27-26-25-21)11-14(16)5-8-17(18)20/h5-8,11-12H,9-10H2,1-4H3,(H-,21,22,23,24). The Morgan fingerprint density at radius 2 is 2.00 bits per heavy atom. The minimum atomic E-state index is -4.29. The summed E-state index contributed by atoms with van der Waals surface area (Å²) in [4.78, 5) is 0.782. The molecule has 2 aromatic carbocycles. The van der Waals surface area contributed by atoms with Crippen LogP contribution in [0, 0.1) is 0 Å². The summed E-state index contributed by atoms with van der Waals surface area (Å²) in [5.74, 6) is 0. The van der Waals surface area contributed by atoms with Crippen LogP contribution in [0.5, 0.6) is 0 Å². The second-order valence-corrected chi connectivity index (χ2v) is 10.1. The van der Waals surface area contributed by atoms with E-state index in [-0.39, 0.29) is 11.8 Å². The Labute approximate surface area is 168 Å². The molecular weight excluding hydrogens is 402 g/mol. The summed E-state index contributed by atoms with van der Waals surface area (Å²) in [6, 6.07) is 9.84. The van der Waals surface area contributed by atoms with Gasteiger partial charge in [0.2, 0.25) is 5.69 Å². The summed E-state index contributed by atoms with van der Waals surface area (Å²) in [6.07, 6.45) is 0.269. The molecule has 7 nitrogen and oxygen atoms in total. The van der Waals surface area contributed by atoms with Gasteiger partial charge in [-0.15, -0.1) is 4.33 Å². The Morgan fingerprint density at radius 1 is 1.29 bits per heavy atom. The summed E-state index contributed by atoms with van der Waals surface area (Å²) in [6.45, 7) is 8.24. The fourth-order valence-electron chi connectivity index (χ4n) is 3.73. The quantitative estimate of drug-likeness (QED) is 0.235. The van der Waals surface area contributed by atoms with Crippen LogP contribution in [-0.2, 0) is 24.9 Å². The lowest BCUT2D eigenvalue weighted by atomic mass is 9.80. The van der Waals surface area contributed by atoms with Crippen molar-refractivity contribution in [3.05, 3.63) is 35.9 Å². The number of hydrogen-bond donors (Lipinski definition) is 1. The normalized spacial score (nSPS) is 17.2. The molecule has 0 saturated heterocycles. The molecule has 0 bridgehead atoms. The van der Waals surface area contributed by atoms with E-state index in [2.05, 4.69) is 27.8 Å². The Kier molecular flexibility index (Phi) is 5.86. The summed E-state index contributed by atoms with van der Waals surface area (Å²) in [5, 5.41) is 13.2. The monoisotopic (exact) mass is 425 g/mol. The van der Waals surface area contributed by atoms with E-state index in [9.17, 15) is 13.0 Å². The van der Waals surface area contributed by atoms with Crippen LogP contribution in [0.15, 0.2) is 35.2 Å². The first-order chi connectivity index (χ1) is 13.1. The van der Waals surface area contributed by atoms with E-state index in [1.165, 1.54) is 6.92 Å². The summed E-state index contributed by atoms with van der Waals surface area (Å²) in [7, 11) is -4.29. The lowest BCUT2D eigenvalue weighted by Crippen LogP contribution is -2.28. The zero-order valence-corrected chi connectivity index (χ0v) is 17.8. The zero-order valence-electron chi connectivity index (χ0n) is 16.1. The average Bonchev–Trinajstić information content (AvgIpc) is 2.83. The van der Waals surface area contributed by atoms with Crippen molar-refractivity contribution in [3.63, 3.8) is 0 Å². The second kappa shape index (κ2) is 7.74. The highest BCUT2D eigenvalue weighted by atomic mass is 32.2. The van der Waals surface area contributed by atoms with Crippen LogP contribution in [-0.4, -0.2) is 40.3 Å². The van der Waals surface area contributed by atoms with Gasteiger partial charge in [0.15, 0.2) is 5.71 Å². The molecule has 28 heavy (non-hydrogen) atoms. The van der Waals surface area contributed by atoms with Crippen LogP contribution in [0.4, 0.5) is 5.69 Å². The van der Waals surface area contributed by atoms with Gasteiger partial charge in [0.1, 0.15) is 6.54 Å². The first kappa shape index (κ1) is 21.2. The maximum absolute atomic E-state index is 11.3. The molecule has 0 spiro atoms. The fraction of sp³-hybridized carbons (Fsp3) is 0.421. The first-order valence-electron chi connectivity index (χ1n) is 8.85. The van der Waals surface area contributed by atoms with Crippen molar-refractivity contribution in [3.8, 4) is 0 Å². The van der Waals surface area contributed by atoms with Crippen molar-refractivity contribution >= 4 is 44.3 Å². The molecule has 2 aromatic rings. The predicted octanol–water partition coefficient (Wildman–Crippen LogP) is 3.99. The minimum absolute atomic E-state index is 0.242. The Balaban J connectivity index is 2.01. The number of fused-ring (bicyclic) bond motifs is 3. The van der Waals surface area contributed by atoms with Gasteiger partial charge < -0.3 is 4.55 Å². The molecule has 0 radical (unpaired) electrons. The highest BCUT2D eigenvalue weighted by Crippen LogP contribution is 2.44. The Bertz CT molecular complexity index is 1050. The van der Waals surface area contributed by atoms with Gasteiger partial charge in [-0.3, -0.25) is 0 Å². The van der Waals surface area contributed by atoms with Crippen molar-refractivity contribution in [2.75, 3.05) is 6.54 Å². The van der Waals surface area contributed by atoms with E-state index in [1.807, 2.05) is 37.3 Å². The third-order valence-electron chi connectivity index (χ3n) is 5.61. The maximum Gasteiger partial charge on any atom is 0.210 e. The first-order valence-corrected chi connectivity index (χ1v) is 11.1. The van der Waals surface area contributed by atoms with Crippen LogP contribution in [0.25, 0.3) is 10.8 Å². The van der Waals surface area contributed by atoms with Crippen molar-refractivity contribution in [1.82, 2.24) is 0 Å². The molecule has 1 aliphatic heterocycles. The third-order valence-corrected chi connectivity index (χ3v) is 7.40. The van der Waals surface area contributed by atoms with Crippen molar-refractivity contribution in [2.45, 2.75) is 49.7 Å². The van der Waals surface area contributed by atoms with Gasteiger partial charge in [0.05, 0.1) is 32.8 Å². The SMILES string of the molecule is CC1=[N+](CCC(C)S(=O)(=O)[O-])c2ccc3cc(SOOO)ccc3c2C1(C)C. The lowest BCUT2D eigenvalue weighted by molar-refractivity contribution is -0.439. The summed E-state index contributed by atoms with van der Waals surface area (Å²) >= 11 is 0.909. The molecule has 1 heterocycles. The van der Waals surface area contributed by atoms with Crippen LogP contribution in [0.1, 0.15) is 39.7 Å². The van der Waals surface area contributed by atoms with Crippen LogP contribution < -0.4 is 0 Å². The second-order valence-electron chi connectivity index (χ2n) is 7.52. The van der Waals surface area contributed by atoms with Gasteiger partial charge in [0, 0.05) is 29.9 Å². The zero-order chi connectivity index (χ0) is 20.7. The molecule has 0 aliphatic carbocycles. The fourth-order valence-corrected chi connectivity index (χ4v) is 4.53. The largest absolute Gasteiger partial charge is 0.748 e. The molecule has 1 atom stereocenters. The number of hydrogen-bond acceptors (Lipinski definition) is 7.